The monoisotopic (exact) mass is 355 g/mol. The van der Waals surface area contributed by atoms with Gasteiger partial charge in [-0.3, -0.25) is 14.9 Å². The average molecular weight is 355 g/mol. The van der Waals surface area contributed by atoms with E-state index in [1.165, 1.54) is 6.07 Å². The van der Waals surface area contributed by atoms with Gasteiger partial charge in [-0.25, -0.2) is 0 Å². The second-order valence-electron chi connectivity index (χ2n) is 6.33. The number of benzene rings is 2. The summed E-state index contributed by atoms with van der Waals surface area (Å²) < 4.78 is 5.55. The number of aryl methyl sites for hydroxylation is 1. The number of nitrogens with one attached hydrogen (secondary N) is 2. The van der Waals surface area contributed by atoms with Crippen molar-refractivity contribution in [2.45, 2.75) is 25.8 Å². The van der Waals surface area contributed by atoms with E-state index in [1.54, 1.807) is 12.1 Å². The predicted octanol–water partition coefficient (Wildman–Crippen LogP) is 3.29. The first-order chi connectivity index (χ1) is 12.5. The summed E-state index contributed by atoms with van der Waals surface area (Å²) in [7, 11) is 0. The van der Waals surface area contributed by atoms with Crippen molar-refractivity contribution in [3.63, 3.8) is 0 Å². The van der Waals surface area contributed by atoms with E-state index in [-0.39, 0.29) is 17.2 Å². The molecule has 0 unspecified atom stereocenters. The minimum atomic E-state index is -0.470. The Balaban J connectivity index is 1.54. The second-order valence-corrected chi connectivity index (χ2v) is 6.33. The molecule has 0 saturated heterocycles. The van der Waals surface area contributed by atoms with Crippen LogP contribution >= 0.6 is 0 Å². The van der Waals surface area contributed by atoms with Gasteiger partial charge in [0.1, 0.15) is 18.0 Å². The Morgan fingerprint density at radius 2 is 1.96 bits per heavy atom. The Morgan fingerprint density at radius 1 is 1.23 bits per heavy atom. The van der Waals surface area contributed by atoms with Crippen LogP contribution in [0.2, 0.25) is 0 Å². The number of nitrogens with zero attached hydrogens (tertiary/aromatic N) is 1. The molecule has 0 aliphatic heterocycles. The summed E-state index contributed by atoms with van der Waals surface area (Å²) in [5, 5.41) is 17.1. The highest BCUT2D eigenvalue weighted by atomic mass is 16.6. The molecular formula is C19H21N3O4. The van der Waals surface area contributed by atoms with Gasteiger partial charge in [0.15, 0.2) is 0 Å². The number of carbonyl (C=O) groups excluding carboxylic acids is 1. The van der Waals surface area contributed by atoms with Gasteiger partial charge in [-0.1, -0.05) is 17.7 Å². The summed E-state index contributed by atoms with van der Waals surface area (Å²) in [6.45, 7) is 2.62. The topological polar surface area (TPSA) is 93.5 Å². The van der Waals surface area contributed by atoms with Crippen LogP contribution in [0.1, 0.15) is 28.8 Å². The molecule has 1 aliphatic carbocycles. The molecule has 0 radical (unpaired) electrons. The van der Waals surface area contributed by atoms with Crippen molar-refractivity contribution in [2.24, 2.45) is 0 Å². The fourth-order valence-electron chi connectivity index (χ4n) is 2.46. The number of hydrogen-bond donors (Lipinski definition) is 2. The number of anilines is 1. The van der Waals surface area contributed by atoms with E-state index in [0.29, 0.717) is 24.9 Å². The van der Waals surface area contributed by atoms with Crippen molar-refractivity contribution in [1.29, 1.82) is 0 Å². The van der Waals surface area contributed by atoms with Crippen LogP contribution < -0.4 is 15.4 Å². The Morgan fingerprint density at radius 3 is 2.62 bits per heavy atom. The molecule has 1 fully saturated rings. The minimum absolute atomic E-state index is 0.0829. The van der Waals surface area contributed by atoms with Crippen LogP contribution in [-0.2, 0) is 0 Å². The lowest BCUT2D eigenvalue weighted by atomic mass is 10.1. The van der Waals surface area contributed by atoms with Crippen molar-refractivity contribution in [2.75, 3.05) is 18.5 Å². The number of hydrogen-bond acceptors (Lipinski definition) is 5. The van der Waals surface area contributed by atoms with E-state index in [4.69, 9.17) is 4.74 Å². The summed E-state index contributed by atoms with van der Waals surface area (Å²) in [5.74, 6) is 0.370. The molecule has 136 valence electrons. The first-order valence-corrected chi connectivity index (χ1v) is 8.55. The Hall–Kier alpha value is -3.09. The smallest absolute Gasteiger partial charge is 0.293 e. The number of amides is 1. The zero-order valence-corrected chi connectivity index (χ0v) is 14.5. The molecule has 0 bridgehead atoms. The van der Waals surface area contributed by atoms with Crippen LogP contribution in [0, 0.1) is 17.0 Å². The van der Waals surface area contributed by atoms with Crippen LogP contribution in [0.15, 0.2) is 42.5 Å². The van der Waals surface area contributed by atoms with E-state index < -0.39 is 4.92 Å². The summed E-state index contributed by atoms with van der Waals surface area (Å²) in [5.41, 5.74) is 1.78. The zero-order chi connectivity index (χ0) is 18.5. The first-order valence-electron chi connectivity index (χ1n) is 8.55. The standard InChI is InChI=1S/C19H21N3O4/c1-13-2-7-16(8-3-13)26-11-10-20-19(23)14-4-9-17(21-15-5-6-15)18(12-14)22(24)25/h2-4,7-9,12,15,21H,5-6,10-11H2,1H3,(H,20,23). The van der Waals surface area contributed by atoms with Crippen LogP contribution in [0.5, 0.6) is 5.75 Å². The number of ether oxygens (including phenoxy) is 1. The van der Waals surface area contributed by atoms with Crippen molar-refractivity contribution >= 4 is 17.3 Å². The molecule has 1 aliphatic rings. The van der Waals surface area contributed by atoms with E-state index in [0.717, 1.165) is 24.2 Å². The summed E-state index contributed by atoms with van der Waals surface area (Å²) in [6, 6.07) is 12.4. The molecule has 0 aromatic heterocycles. The summed E-state index contributed by atoms with van der Waals surface area (Å²) in [4.78, 5) is 23.0. The first kappa shape index (κ1) is 17.7. The molecule has 7 nitrogen and oxygen atoms in total. The normalized spacial score (nSPS) is 13.1. The number of rotatable bonds is 8. The van der Waals surface area contributed by atoms with Crippen LogP contribution in [0.3, 0.4) is 0 Å². The largest absolute Gasteiger partial charge is 0.492 e. The van der Waals surface area contributed by atoms with Crippen LogP contribution in [0.25, 0.3) is 0 Å². The average Bonchev–Trinajstić information content (AvgIpc) is 3.44. The molecule has 0 heterocycles. The number of nitro groups is 1. The molecule has 1 saturated carbocycles. The minimum Gasteiger partial charge on any atom is -0.492 e. The molecule has 26 heavy (non-hydrogen) atoms. The van der Waals surface area contributed by atoms with Crippen molar-refractivity contribution in [3.05, 3.63) is 63.7 Å². The van der Waals surface area contributed by atoms with Crippen molar-refractivity contribution < 1.29 is 14.5 Å². The molecule has 2 N–H and O–H groups in total. The zero-order valence-electron chi connectivity index (χ0n) is 14.5. The molecule has 3 rings (SSSR count). The highest BCUT2D eigenvalue weighted by Gasteiger charge is 2.25. The van der Waals surface area contributed by atoms with E-state index in [9.17, 15) is 14.9 Å². The summed E-state index contributed by atoms with van der Waals surface area (Å²) >= 11 is 0. The molecule has 0 atom stereocenters. The molecule has 2 aromatic rings. The number of carbonyl (C=O) groups is 1. The van der Waals surface area contributed by atoms with E-state index >= 15 is 0 Å². The fraction of sp³-hybridized carbons (Fsp3) is 0.316. The maximum absolute atomic E-state index is 12.2. The number of nitro benzene ring substituents is 1. The van der Waals surface area contributed by atoms with Crippen LogP contribution in [-0.4, -0.2) is 30.0 Å². The third-order valence-electron chi connectivity index (χ3n) is 4.07. The van der Waals surface area contributed by atoms with E-state index in [2.05, 4.69) is 10.6 Å². The van der Waals surface area contributed by atoms with Gasteiger partial charge in [0.05, 0.1) is 11.5 Å². The summed E-state index contributed by atoms with van der Waals surface area (Å²) in [6.07, 6.45) is 2.03. The second kappa shape index (κ2) is 7.86. The van der Waals surface area contributed by atoms with Gasteiger partial charge in [0, 0.05) is 17.7 Å². The lowest BCUT2D eigenvalue weighted by Gasteiger charge is -2.09. The van der Waals surface area contributed by atoms with E-state index in [1.807, 2.05) is 31.2 Å². The molecule has 7 heteroatoms. The van der Waals surface area contributed by atoms with Gasteiger partial charge in [-0.05, 0) is 44.0 Å². The van der Waals surface area contributed by atoms with Crippen LogP contribution in [0.4, 0.5) is 11.4 Å². The fourth-order valence-corrected chi connectivity index (χ4v) is 2.46. The molecule has 2 aromatic carbocycles. The predicted molar refractivity (Wildman–Crippen MR) is 98.7 cm³/mol. The molecule has 0 spiro atoms. The van der Waals surface area contributed by atoms with Gasteiger partial charge in [0.2, 0.25) is 0 Å². The maximum Gasteiger partial charge on any atom is 0.293 e. The van der Waals surface area contributed by atoms with Gasteiger partial charge in [0.25, 0.3) is 11.6 Å². The van der Waals surface area contributed by atoms with Gasteiger partial charge in [-0.2, -0.15) is 0 Å². The maximum atomic E-state index is 12.2. The third-order valence-corrected chi connectivity index (χ3v) is 4.07. The highest BCUT2D eigenvalue weighted by molar-refractivity contribution is 5.95. The van der Waals surface area contributed by atoms with Gasteiger partial charge < -0.3 is 15.4 Å². The molecular weight excluding hydrogens is 334 g/mol. The lowest BCUT2D eigenvalue weighted by molar-refractivity contribution is -0.384. The van der Waals surface area contributed by atoms with Gasteiger partial charge >= 0.3 is 0 Å². The molecule has 1 amide bonds. The Labute approximate surface area is 151 Å². The third kappa shape index (κ3) is 4.72. The quantitative estimate of drug-likeness (QED) is 0.430. The SMILES string of the molecule is Cc1ccc(OCCNC(=O)c2ccc(NC3CC3)c([N+](=O)[O-])c2)cc1. The highest BCUT2D eigenvalue weighted by Crippen LogP contribution is 2.31. The lowest BCUT2D eigenvalue weighted by Crippen LogP contribution is -2.28. The van der Waals surface area contributed by atoms with Crippen molar-refractivity contribution in [1.82, 2.24) is 5.32 Å². The van der Waals surface area contributed by atoms with Crippen molar-refractivity contribution in [3.8, 4) is 5.75 Å². The Kier molecular flexibility index (Phi) is 5.36. The Bertz CT molecular complexity index is 801. The van der Waals surface area contributed by atoms with Gasteiger partial charge in [-0.15, -0.1) is 0 Å².